The van der Waals surface area contributed by atoms with Crippen molar-refractivity contribution in [3.05, 3.63) is 0 Å². The molecule has 2 saturated heterocycles. The van der Waals surface area contributed by atoms with Crippen LogP contribution in [0.25, 0.3) is 0 Å². The first-order valence-corrected chi connectivity index (χ1v) is 7.36. The van der Waals surface area contributed by atoms with E-state index < -0.39 is 5.54 Å². The fourth-order valence-electron chi connectivity index (χ4n) is 2.98. The Balaban J connectivity index is 2.01. The Morgan fingerprint density at radius 3 is 2.47 bits per heavy atom. The Hall–Kier alpha value is -0.650. The van der Waals surface area contributed by atoms with E-state index in [0.717, 1.165) is 39.1 Å². The van der Waals surface area contributed by atoms with Gasteiger partial charge in [0.15, 0.2) is 0 Å². The summed E-state index contributed by atoms with van der Waals surface area (Å²) in [6.45, 7) is 11.0. The van der Waals surface area contributed by atoms with E-state index in [2.05, 4.69) is 10.2 Å². The van der Waals surface area contributed by atoms with Crippen LogP contribution in [0.5, 0.6) is 0 Å². The van der Waals surface area contributed by atoms with Crippen molar-refractivity contribution in [1.29, 1.82) is 0 Å². The smallest absolute Gasteiger partial charge is 0.242 e. The molecule has 2 N–H and O–H groups in total. The van der Waals surface area contributed by atoms with Gasteiger partial charge in [0.25, 0.3) is 0 Å². The highest BCUT2D eigenvalue weighted by molar-refractivity contribution is 5.85. The van der Waals surface area contributed by atoms with Crippen LogP contribution in [0.4, 0.5) is 0 Å². The zero-order valence-electron chi connectivity index (χ0n) is 12.4. The van der Waals surface area contributed by atoms with Crippen LogP contribution in [-0.4, -0.2) is 71.7 Å². The highest BCUT2D eigenvalue weighted by Gasteiger charge is 2.40. The van der Waals surface area contributed by atoms with E-state index in [-0.39, 0.29) is 12.0 Å². The van der Waals surface area contributed by atoms with E-state index in [1.807, 2.05) is 25.7 Å². The lowest BCUT2D eigenvalue weighted by Crippen LogP contribution is -2.62. The molecule has 2 unspecified atom stereocenters. The van der Waals surface area contributed by atoms with Crippen LogP contribution in [0.1, 0.15) is 27.2 Å². The highest BCUT2D eigenvalue weighted by atomic mass is 16.3. The number of hydrogen-bond acceptors (Lipinski definition) is 4. The summed E-state index contributed by atoms with van der Waals surface area (Å²) in [5, 5.41) is 13.3. The van der Waals surface area contributed by atoms with Crippen LogP contribution in [0.15, 0.2) is 0 Å². The van der Waals surface area contributed by atoms with E-state index in [1.54, 1.807) is 0 Å². The van der Waals surface area contributed by atoms with Gasteiger partial charge in [0, 0.05) is 39.3 Å². The van der Waals surface area contributed by atoms with Crippen molar-refractivity contribution < 1.29 is 9.90 Å². The third kappa shape index (κ3) is 3.09. The topological polar surface area (TPSA) is 55.8 Å². The number of carbonyl (C=O) groups excluding carboxylic acids is 1. The van der Waals surface area contributed by atoms with Crippen LogP contribution in [0.2, 0.25) is 0 Å². The molecule has 0 aliphatic carbocycles. The van der Waals surface area contributed by atoms with E-state index in [9.17, 15) is 9.90 Å². The van der Waals surface area contributed by atoms with Crippen LogP contribution in [0.3, 0.4) is 0 Å². The largest absolute Gasteiger partial charge is 0.391 e. The van der Waals surface area contributed by atoms with Gasteiger partial charge >= 0.3 is 0 Å². The molecule has 0 radical (unpaired) electrons. The number of nitrogens with zero attached hydrogens (tertiary/aromatic N) is 2. The molecule has 0 aromatic heterocycles. The standard InChI is InChI=1S/C14H27N3O2/c1-11-4-7-16(10-12(11)18)13(19)14(2,3)17-8-5-15-6-9-17/h11-12,15,18H,4-10H2,1-3H3. The molecule has 0 bridgehead atoms. The van der Waals surface area contributed by atoms with Gasteiger partial charge < -0.3 is 15.3 Å². The normalized spacial score (nSPS) is 30.4. The van der Waals surface area contributed by atoms with Gasteiger partial charge in [0.05, 0.1) is 11.6 Å². The second kappa shape index (κ2) is 5.77. The minimum Gasteiger partial charge on any atom is -0.391 e. The van der Waals surface area contributed by atoms with Gasteiger partial charge in [-0.05, 0) is 26.2 Å². The number of β-amino-alcohol motifs (C(OH)–C–C–N with tert-alkyl or cyclic N) is 1. The summed E-state index contributed by atoms with van der Waals surface area (Å²) in [5.74, 6) is 0.451. The summed E-state index contributed by atoms with van der Waals surface area (Å²) < 4.78 is 0. The van der Waals surface area contributed by atoms with Crippen molar-refractivity contribution in [2.75, 3.05) is 39.3 Å². The van der Waals surface area contributed by atoms with E-state index in [1.165, 1.54) is 0 Å². The fourth-order valence-corrected chi connectivity index (χ4v) is 2.98. The number of rotatable bonds is 2. The molecule has 2 aliphatic heterocycles. The van der Waals surface area contributed by atoms with Crippen molar-refractivity contribution in [1.82, 2.24) is 15.1 Å². The van der Waals surface area contributed by atoms with Gasteiger partial charge in [-0.2, -0.15) is 0 Å². The third-order valence-corrected chi connectivity index (χ3v) is 4.64. The van der Waals surface area contributed by atoms with Crippen LogP contribution in [-0.2, 0) is 4.79 Å². The second-order valence-corrected chi connectivity index (χ2v) is 6.38. The number of piperidine rings is 1. The molecular weight excluding hydrogens is 242 g/mol. The van der Waals surface area contributed by atoms with Crippen LogP contribution in [0, 0.1) is 5.92 Å². The minimum absolute atomic E-state index is 0.153. The van der Waals surface area contributed by atoms with Crippen molar-refractivity contribution >= 4 is 5.91 Å². The molecule has 0 aromatic carbocycles. The molecule has 110 valence electrons. The molecule has 2 fully saturated rings. The van der Waals surface area contributed by atoms with Crippen molar-refractivity contribution in [3.63, 3.8) is 0 Å². The Labute approximate surface area is 115 Å². The molecule has 5 nitrogen and oxygen atoms in total. The lowest BCUT2D eigenvalue weighted by atomic mass is 9.93. The molecule has 2 heterocycles. The number of aliphatic hydroxyl groups excluding tert-OH is 1. The number of aliphatic hydroxyl groups is 1. The number of hydrogen-bond donors (Lipinski definition) is 2. The maximum Gasteiger partial charge on any atom is 0.242 e. The molecule has 5 heteroatoms. The van der Waals surface area contributed by atoms with Gasteiger partial charge in [0.2, 0.25) is 5.91 Å². The molecular formula is C14H27N3O2. The number of amides is 1. The molecule has 0 aromatic rings. The van der Waals surface area contributed by atoms with Gasteiger partial charge in [-0.25, -0.2) is 0 Å². The Bertz CT molecular complexity index is 327. The number of likely N-dealkylation sites (tertiary alicyclic amines) is 1. The molecule has 2 aliphatic rings. The Morgan fingerprint density at radius 2 is 1.89 bits per heavy atom. The highest BCUT2D eigenvalue weighted by Crippen LogP contribution is 2.23. The molecule has 1 amide bonds. The van der Waals surface area contributed by atoms with E-state index in [0.29, 0.717) is 12.5 Å². The van der Waals surface area contributed by atoms with E-state index in [4.69, 9.17) is 0 Å². The van der Waals surface area contributed by atoms with Gasteiger partial charge in [-0.3, -0.25) is 9.69 Å². The van der Waals surface area contributed by atoms with Gasteiger partial charge in [-0.1, -0.05) is 6.92 Å². The first kappa shape index (κ1) is 14.8. The monoisotopic (exact) mass is 269 g/mol. The average molecular weight is 269 g/mol. The minimum atomic E-state index is -0.470. The quantitative estimate of drug-likeness (QED) is 0.735. The lowest BCUT2D eigenvalue weighted by Gasteiger charge is -2.44. The molecule has 19 heavy (non-hydrogen) atoms. The average Bonchev–Trinajstić information content (AvgIpc) is 2.42. The molecule has 0 saturated carbocycles. The lowest BCUT2D eigenvalue weighted by molar-refractivity contribution is -0.147. The van der Waals surface area contributed by atoms with Gasteiger partial charge in [-0.15, -0.1) is 0 Å². The zero-order chi connectivity index (χ0) is 14.0. The maximum atomic E-state index is 12.7. The zero-order valence-corrected chi connectivity index (χ0v) is 12.4. The van der Waals surface area contributed by atoms with Gasteiger partial charge in [0.1, 0.15) is 0 Å². The molecule has 0 spiro atoms. The van der Waals surface area contributed by atoms with Crippen molar-refractivity contribution in [2.24, 2.45) is 5.92 Å². The maximum absolute atomic E-state index is 12.7. The second-order valence-electron chi connectivity index (χ2n) is 6.38. The summed E-state index contributed by atoms with van der Waals surface area (Å²) >= 11 is 0. The summed E-state index contributed by atoms with van der Waals surface area (Å²) in [6.07, 6.45) is 0.515. The summed E-state index contributed by atoms with van der Waals surface area (Å²) in [5.41, 5.74) is -0.470. The van der Waals surface area contributed by atoms with Crippen molar-refractivity contribution in [3.8, 4) is 0 Å². The summed E-state index contributed by atoms with van der Waals surface area (Å²) in [6, 6.07) is 0. The van der Waals surface area contributed by atoms with Crippen molar-refractivity contribution in [2.45, 2.75) is 38.8 Å². The van der Waals surface area contributed by atoms with Crippen LogP contribution >= 0.6 is 0 Å². The number of piperazine rings is 1. The van der Waals surface area contributed by atoms with Crippen LogP contribution < -0.4 is 5.32 Å². The molecule has 2 rings (SSSR count). The first-order valence-electron chi connectivity index (χ1n) is 7.36. The SMILES string of the molecule is CC1CCN(C(=O)C(C)(C)N2CCNCC2)CC1O. The number of nitrogens with one attached hydrogen (secondary N) is 1. The summed E-state index contributed by atoms with van der Waals surface area (Å²) in [4.78, 5) is 16.8. The van der Waals surface area contributed by atoms with E-state index >= 15 is 0 Å². The third-order valence-electron chi connectivity index (χ3n) is 4.64. The first-order chi connectivity index (χ1) is 8.93. The Morgan fingerprint density at radius 1 is 1.26 bits per heavy atom. The predicted molar refractivity (Wildman–Crippen MR) is 74.9 cm³/mol. The number of carbonyl (C=O) groups is 1. The predicted octanol–water partition coefficient (Wildman–Crippen LogP) is -0.100. The molecule has 2 atom stereocenters. The Kier molecular flexibility index (Phi) is 4.48. The fraction of sp³-hybridized carbons (Fsp3) is 0.929. The summed E-state index contributed by atoms with van der Waals surface area (Å²) in [7, 11) is 0.